The number of fused-ring (bicyclic) bond motifs is 1. The van der Waals surface area contributed by atoms with Crippen molar-refractivity contribution in [1.82, 2.24) is 14.3 Å². The van der Waals surface area contributed by atoms with Gasteiger partial charge in [0.25, 0.3) is 5.56 Å². The maximum Gasteiger partial charge on any atom is 0.300 e. The van der Waals surface area contributed by atoms with Gasteiger partial charge in [-0.15, -0.1) is 11.3 Å². The average Bonchev–Trinajstić information content (AvgIpc) is 3.16. The van der Waals surface area contributed by atoms with Crippen LogP contribution in [0.5, 0.6) is 0 Å². The second kappa shape index (κ2) is 8.16. The Kier molecular flexibility index (Phi) is 5.41. The number of amides is 1. The summed E-state index contributed by atoms with van der Waals surface area (Å²) in [4.78, 5) is 30.4. The number of nitrogens with zero attached hydrogens (tertiary/aromatic N) is 4. The molecule has 152 valence electrons. The van der Waals surface area contributed by atoms with Crippen LogP contribution in [0.15, 0.2) is 69.9 Å². The highest BCUT2D eigenvalue weighted by atomic mass is 32.1. The summed E-state index contributed by atoms with van der Waals surface area (Å²) in [5.74, 6) is -0.865. The summed E-state index contributed by atoms with van der Waals surface area (Å²) >= 11 is 1.27. The van der Waals surface area contributed by atoms with E-state index in [9.17, 15) is 14.0 Å². The van der Waals surface area contributed by atoms with Crippen molar-refractivity contribution in [2.45, 2.75) is 26.4 Å². The SMILES string of the molecule is CC(C)n1nc(C(=O)N=c2sccn2Cc2ccccc2F)c2ccccc2c1=O. The summed E-state index contributed by atoms with van der Waals surface area (Å²) in [7, 11) is 0. The normalized spacial score (nSPS) is 12.1. The minimum atomic E-state index is -0.551. The van der Waals surface area contributed by atoms with Crippen LogP contribution < -0.4 is 10.4 Å². The Bertz CT molecular complexity index is 1370. The maximum atomic E-state index is 14.0. The molecule has 4 rings (SSSR count). The Morgan fingerprint density at radius 1 is 1.13 bits per heavy atom. The highest BCUT2D eigenvalue weighted by Crippen LogP contribution is 2.16. The molecule has 30 heavy (non-hydrogen) atoms. The minimum absolute atomic E-state index is 0.116. The number of hydrogen-bond donors (Lipinski definition) is 0. The third-order valence-corrected chi connectivity index (χ3v) is 5.47. The minimum Gasteiger partial charge on any atom is -0.319 e. The van der Waals surface area contributed by atoms with E-state index in [2.05, 4.69) is 10.1 Å². The van der Waals surface area contributed by atoms with Crippen LogP contribution >= 0.6 is 11.3 Å². The number of thiazole rings is 1. The first-order valence-corrected chi connectivity index (χ1v) is 10.3. The van der Waals surface area contributed by atoms with Crippen LogP contribution in [0.4, 0.5) is 4.39 Å². The number of rotatable bonds is 4. The zero-order chi connectivity index (χ0) is 21.3. The van der Waals surface area contributed by atoms with Gasteiger partial charge in [-0.2, -0.15) is 10.1 Å². The van der Waals surface area contributed by atoms with Gasteiger partial charge in [-0.3, -0.25) is 9.59 Å². The van der Waals surface area contributed by atoms with Crippen LogP contribution in [-0.2, 0) is 6.54 Å². The zero-order valence-corrected chi connectivity index (χ0v) is 17.3. The van der Waals surface area contributed by atoms with E-state index in [1.807, 2.05) is 13.8 Å². The molecule has 0 atom stereocenters. The fraction of sp³-hybridized carbons (Fsp3) is 0.182. The van der Waals surface area contributed by atoms with Crippen LogP contribution in [0, 0.1) is 5.82 Å². The molecule has 0 saturated carbocycles. The van der Waals surface area contributed by atoms with E-state index in [1.165, 1.54) is 22.1 Å². The van der Waals surface area contributed by atoms with Gasteiger partial charge >= 0.3 is 5.91 Å². The van der Waals surface area contributed by atoms with Crippen LogP contribution in [0.3, 0.4) is 0 Å². The van der Waals surface area contributed by atoms with Crippen molar-refractivity contribution in [2.75, 3.05) is 0 Å². The van der Waals surface area contributed by atoms with E-state index in [0.717, 1.165) is 0 Å². The van der Waals surface area contributed by atoms with Crippen LogP contribution in [-0.4, -0.2) is 20.3 Å². The van der Waals surface area contributed by atoms with Gasteiger partial charge in [-0.05, 0) is 26.0 Å². The first-order chi connectivity index (χ1) is 14.5. The van der Waals surface area contributed by atoms with Crippen molar-refractivity contribution in [3.8, 4) is 0 Å². The molecule has 2 aromatic carbocycles. The Labute approximate surface area is 175 Å². The number of hydrogen-bond acceptors (Lipinski definition) is 4. The Morgan fingerprint density at radius 3 is 2.57 bits per heavy atom. The van der Waals surface area contributed by atoms with Gasteiger partial charge in [0.1, 0.15) is 5.82 Å². The lowest BCUT2D eigenvalue weighted by Gasteiger charge is -2.11. The topological polar surface area (TPSA) is 69.2 Å². The highest BCUT2D eigenvalue weighted by molar-refractivity contribution is 7.07. The third kappa shape index (κ3) is 3.73. The molecule has 0 fully saturated rings. The molecule has 0 saturated heterocycles. The largest absolute Gasteiger partial charge is 0.319 e. The number of benzene rings is 2. The standard InChI is InChI=1S/C22H19FN4O2S/c1-14(2)27-21(29)17-9-5-4-8-16(17)19(25-27)20(28)24-22-26(11-12-30-22)13-15-7-3-6-10-18(15)23/h3-12,14H,13H2,1-2H3. The predicted molar refractivity (Wildman–Crippen MR) is 114 cm³/mol. The van der Waals surface area contributed by atoms with E-state index in [4.69, 9.17) is 0 Å². The van der Waals surface area contributed by atoms with Gasteiger partial charge in [0.15, 0.2) is 10.5 Å². The van der Waals surface area contributed by atoms with Crippen molar-refractivity contribution < 1.29 is 9.18 Å². The quantitative estimate of drug-likeness (QED) is 0.503. The maximum absolute atomic E-state index is 14.0. The summed E-state index contributed by atoms with van der Waals surface area (Å²) in [6.45, 7) is 3.91. The van der Waals surface area contributed by atoms with Crippen molar-refractivity contribution >= 4 is 28.0 Å². The summed E-state index contributed by atoms with van der Waals surface area (Å²) in [6, 6.07) is 13.2. The van der Waals surface area contributed by atoms with E-state index in [1.54, 1.807) is 58.6 Å². The summed E-state index contributed by atoms with van der Waals surface area (Å²) in [5, 5.41) is 6.97. The fourth-order valence-corrected chi connectivity index (χ4v) is 3.90. The van der Waals surface area contributed by atoms with Crippen molar-refractivity contribution in [1.29, 1.82) is 0 Å². The molecule has 0 aliphatic rings. The molecule has 4 aromatic rings. The molecule has 0 bridgehead atoms. The molecule has 0 N–H and O–H groups in total. The van der Waals surface area contributed by atoms with Gasteiger partial charge in [-0.1, -0.05) is 36.4 Å². The zero-order valence-electron chi connectivity index (χ0n) is 16.4. The van der Waals surface area contributed by atoms with E-state index >= 15 is 0 Å². The Morgan fingerprint density at radius 2 is 1.83 bits per heavy atom. The van der Waals surface area contributed by atoms with Crippen molar-refractivity contribution in [3.63, 3.8) is 0 Å². The molecule has 0 spiro atoms. The average molecular weight is 422 g/mol. The van der Waals surface area contributed by atoms with Crippen LogP contribution in [0.25, 0.3) is 10.8 Å². The van der Waals surface area contributed by atoms with E-state index < -0.39 is 5.91 Å². The summed E-state index contributed by atoms with van der Waals surface area (Å²) < 4.78 is 17.0. The second-order valence-corrected chi connectivity index (χ2v) is 7.93. The fourth-order valence-electron chi connectivity index (χ4n) is 3.17. The molecule has 0 aliphatic carbocycles. The predicted octanol–water partition coefficient (Wildman–Crippen LogP) is 3.77. The summed E-state index contributed by atoms with van der Waals surface area (Å²) in [6.07, 6.45) is 1.75. The molecule has 0 aliphatic heterocycles. The van der Waals surface area contributed by atoms with Gasteiger partial charge in [-0.25, -0.2) is 9.07 Å². The van der Waals surface area contributed by atoms with Crippen LogP contribution in [0.2, 0.25) is 0 Å². The lowest BCUT2D eigenvalue weighted by atomic mass is 10.1. The molecule has 6 nitrogen and oxygen atoms in total. The number of carbonyl (C=O) groups is 1. The molecule has 1 amide bonds. The molecule has 2 heterocycles. The summed E-state index contributed by atoms with van der Waals surface area (Å²) in [5.41, 5.74) is 0.370. The lowest BCUT2D eigenvalue weighted by Crippen LogP contribution is -2.27. The lowest BCUT2D eigenvalue weighted by molar-refractivity contribution is 0.0992. The third-order valence-electron chi connectivity index (χ3n) is 4.68. The highest BCUT2D eigenvalue weighted by Gasteiger charge is 2.17. The number of carbonyl (C=O) groups excluding carboxylic acids is 1. The van der Waals surface area contributed by atoms with Crippen molar-refractivity contribution in [2.24, 2.45) is 4.99 Å². The Hall–Kier alpha value is -3.39. The smallest absolute Gasteiger partial charge is 0.300 e. The Balaban J connectivity index is 1.81. The van der Waals surface area contributed by atoms with Crippen molar-refractivity contribution in [3.05, 3.63) is 92.3 Å². The molecular formula is C22H19FN4O2S. The number of halogens is 1. The van der Waals surface area contributed by atoms with E-state index in [-0.39, 0.29) is 29.7 Å². The second-order valence-electron chi connectivity index (χ2n) is 7.06. The molecule has 2 aromatic heterocycles. The molecule has 0 radical (unpaired) electrons. The molecule has 0 unspecified atom stereocenters. The van der Waals surface area contributed by atoms with Crippen LogP contribution in [0.1, 0.15) is 35.9 Å². The van der Waals surface area contributed by atoms with E-state index in [0.29, 0.717) is 21.1 Å². The van der Waals surface area contributed by atoms with Gasteiger partial charge in [0.05, 0.1) is 18.0 Å². The van der Waals surface area contributed by atoms with Gasteiger partial charge in [0.2, 0.25) is 0 Å². The number of aromatic nitrogens is 3. The van der Waals surface area contributed by atoms with Gasteiger partial charge < -0.3 is 4.57 Å². The molecule has 8 heteroatoms. The first-order valence-electron chi connectivity index (χ1n) is 9.43. The monoisotopic (exact) mass is 422 g/mol. The first kappa shape index (κ1) is 19.9. The van der Waals surface area contributed by atoms with Gasteiger partial charge in [0, 0.05) is 22.5 Å². The molecular weight excluding hydrogens is 403 g/mol.